The van der Waals surface area contributed by atoms with Gasteiger partial charge in [-0.25, -0.2) is 13.6 Å². The fourth-order valence-corrected chi connectivity index (χ4v) is 2.19. The van der Waals surface area contributed by atoms with Crippen molar-refractivity contribution in [1.29, 1.82) is 0 Å². The summed E-state index contributed by atoms with van der Waals surface area (Å²) in [4.78, 5) is 14.8. The molecule has 0 amide bonds. The number of nitrogen functional groups attached to an aromatic ring is 1. The van der Waals surface area contributed by atoms with E-state index in [1.807, 2.05) is 0 Å². The highest BCUT2D eigenvalue weighted by atomic mass is 35.5. The third-order valence-corrected chi connectivity index (χ3v) is 3.47. The Morgan fingerprint density at radius 2 is 2.42 bits per heavy atom. The Morgan fingerprint density at radius 3 is 2.95 bits per heavy atom. The van der Waals surface area contributed by atoms with Crippen molar-refractivity contribution in [2.45, 2.75) is 24.4 Å². The largest absolute Gasteiger partial charge is 0.393 e. The molecule has 1 aromatic rings. The normalized spacial score (nSPS) is 30.7. The minimum Gasteiger partial charge on any atom is -0.393 e. The fourth-order valence-electron chi connectivity index (χ4n) is 1.94. The third kappa shape index (κ3) is 2.43. The lowest BCUT2D eigenvalue weighted by molar-refractivity contribution is -0.0934. The molecule has 9 heteroatoms. The maximum Gasteiger partial charge on any atom is 0.351 e. The van der Waals surface area contributed by atoms with Crippen LogP contribution in [0.2, 0.25) is 0 Å². The van der Waals surface area contributed by atoms with E-state index in [1.54, 1.807) is 0 Å². The first-order chi connectivity index (χ1) is 8.92. The summed E-state index contributed by atoms with van der Waals surface area (Å²) in [7, 11) is 0. The number of hydrogen-bond donors (Lipinski definition) is 2. The Hall–Kier alpha value is -1.25. The van der Waals surface area contributed by atoms with Gasteiger partial charge in [-0.15, -0.1) is 11.6 Å². The van der Waals surface area contributed by atoms with E-state index in [1.165, 1.54) is 0 Å². The van der Waals surface area contributed by atoms with Gasteiger partial charge in [-0.1, -0.05) is 0 Å². The number of aliphatic hydroxyl groups is 1. The van der Waals surface area contributed by atoms with Gasteiger partial charge in [0.2, 0.25) is 0 Å². The molecule has 3 unspecified atom stereocenters. The number of hydrogen-bond acceptors (Lipinski definition) is 5. The van der Waals surface area contributed by atoms with Crippen LogP contribution in [0.15, 0.2) is 11.0 Å². The fraction of sp³-hybridized carbons (Fsp3) is 0.600. The minimum atomic E-state index is -1.62. The van der Waals surface area contributed by atoms with E-state index in [-0.39, 0.29) is 12.3 Å². The summed E-state index contributed by atoms with van der Waals surface area (Å²) in [5, 5.41) is 9.19. The summed E-state index contributed by atoms with van der Waals surface area (Å²) < 4.78 is 33.2. The van der Waals surface area contributed by atoms with Crippen LogP contribution in [0.4, 0.5) is 14.6 Å². The highest BCUT2D eigenvalue weighted by Gasteiger charge is 2.47. The number of anilines is 1. The van der Waals surface area contributed by atoms with Crippen molar-refractivity contribution in [3.63, 3.8) is 0 Å². The van der Waals surface area contributed by atoms with Crippen molar-refractivity contribution in [3.05, 3.63) is 22.5 Å². The van der Waals surface area contributed by atoms with Crippen LogP contribution in [-0.4, -0.2) is 38.9 Å². The quantitative estimate of drug-likeness (QED) is 0.777. The molecule has 1 fully saturated rings. The molecule has 0 bridgehead atoms. The third-order valence-electron chi connectivity index (χ3n) is 2.99. The number of nitrogens with two attached hydrogens (primary N) is 1. The zero-order valence-electron chi connectivity index (χ0n) is 9.72. The molecule has 0 aromatic carbocycles. The van der Waals surface area contributed by atoms with Crippen molar-refractivity contribution >= 4 is 17.4 Å². The molecular formula is C10H12ClF2N3O3. The van der Waals surface area contributed by atoms with Crippen molar-refractivity contribution in [2.75, 3.05) is 18.2 Å². The smallest absolute Gasteiger partial charge is 0.351 e. The maximum atomic E-state index is 13.9. The number of aromatic nitrogens is 2. The van der Waals surface area contributed by atoms with E-state index < -0.39 is 41.9 Å². The van der Waals surface area contributed by atoms with E-state index in [9.17, 15) is 18.7 Å². The van der Waals surface area contributed by atoms with Crippen LogP contribution < -0.4 is 11.4 Å². The number of nitrogens with zero attached hydrogens (tertiary/aromatic N) is 2. The van der Waals surface area contributed by atoms with Gasteiger partial charge >= 0.3 is 5.69 Å². The molecule has 0 saturated carbocycles. The van der Waals surface area contributed by atoms with Crippen LogP contribution in [0.1, 0.15) is 12.6 Å². The molecule has 1 aliphatic rings. The highest BCUT2D eigenvalue weighted by Crippen LogP contribution is 2.38. The topological polar surface area (TPSA) is 90.4 Å². The Bertz CT molecular complexity index is 535. The first-order valence-corrected chi connectivity index (χ1v) is 5.99. The first kappa shape index (κ1) is 14.2. The summed E-state index contributed by atoms with van der Waals surface area (Å²) >= 11 is 5.63. The standard InChI is InChI=1S/C10H12ClF2N3O3/c11-3-10(4-17)1-5(12)8(19-10)16-2-6(13)7(14)15-9(16)18/h2,5,8,17H,1,3-4H2,(H2,14,15,18). The number of rotatable bonds is 3. The molecule has 1 saturated heterocycles. The van der Waals surface area contributed by atoms with Crippen LogP contribution in [0, 0.1) is 5.82 Å². The van der Waals surface area contributed by atoms with E-state index in [4.69, 9.17) is 22.1 Å². The first-order valence-electron chi connectivity index (χ1n) is 5.45. The van der Waals surface area contributed by atoms with Gasteiger partial charge in [0.05, 0.1) is 18.7 Å². The van der Waals surface area contributed by atoms with Crippen LogP contribution in [0.3, 0.4) is 0 Å². The molecule has 0 aliphatic carbocycles. The zero-order valence-corrected chi connectivity index (χ0v) is 10.5. The van der Waals surface area contributed by atoms with Gasteiger partial charge < -0.3 is 15.6 Å². The van der Waals surface area contributed by atoms with Crippen molar-refractivity contribution in [1.82, 2.24) is 9.55 Å². The molecular weight excluding hydrogens is 284 g/mol. The van der Waals surface area contributed by atoms with Crippen molar-refractivity contribution < 1.29 is 18.6 Å². The van der Waals surface area contributed by atoms with Crippen LogP contribution in [0.5, 0.6) is 0 Å². The van der Waals surface area contributed by atoms with E-state index in [2.05, 4.69) is 4.98 Å². The average molecular weight is 296 g/mol. The summed E-state index contributed by atoms with van der Waals surface area (Å²) in [6.45, 7) is -0.507. The number of halogens is 3. The predicted molar refractivity (Wildman–Crippen MR) is 63.0 cm³/mol. The average Bonchev–Trinajstić information content (AvgIpc) is 2.72. The second kappa shape index (κ2) is 5.03. The monoisotopic (exact) mass is 295 g/mol. The zero-order chi connectivity index (χ0) is 14.2. The Kier molecular flexibility index (Phi) is 3.75. The van der Waals surface area contributed by atoms with Crippen molar-refractivity contribution in [2.24, 2.45) is 0 Å². The Labute approximate surface area is 111 Å². The molecule has 1 aromatic heterocycles. The van der Waals surface area contributed by atoms with Gasteiger partial charge in [0.1, 0.15) is 11.8 Å². The minimum absolute atomic E-state index is 0.153. The molecule has 1 aliphatic heterocycles. The summed E-state index contributed by atoms with van der Waals surface area (Å²) in [5.41, 5.74) is 2.91. The van der Waals surface area contributed by atoms with Gasteiger partial charge in [0.15, 0.2) is 17.9 Å². The second-order valence-corrected chi connectivity index (χ2v) is 4.63. The number of ether oxygens (including phenoxy) is 1. The molecule has 2 rings (SSSR count). The van der Waals surface area contributed by atoms with Crippen LogP contribution >= 0.6 is 11.6 Å². The summed E-state index contributed by atoms with van der Waals surface area (Å²) in [6, 6.07) is 0. The SMILES string of the molecule is Nc1nc(=O)n(C2OC(CO)(CCl)CC2F)cc1F. The second-order valence-electron chi connectivity index (χ2n) is 4.37. The Balaban J connectivity index is 2.38. The molecule has 3 N–H and O–H groups in total. The molecule has 106 valence electrons. The van der Waals surface area contributed by atoms with Gasteiger partial charge in [0, 0.05) is 6.42 Å². The highest BCUT2D eigenvalue weighted by molar-refractivity contribution is 6.18. The summed E-state index contributed by atoms with van der Waals surface area (Å²) in [5.74, 6) is -1.68. The summed E-state index contributed by atoms with van der Waals surface area (Å²) in [6.07, 6.45) is -2.48. The maximum absolute atomic E-state index is 13.9. The van der Waals surface area contributed by atoms with Gasteiger partial charge in [-0.3, -0.25) is 4.57 Å². The lowest BCUT2D eigenvalue weighted by Gasteiger charge is -2.24. The lowest BCUT2D eigenvalue weighted by Crippen LogP contribution is -2.36. The van der Waals surface area contributed by atoms with Gasteiger partial charge in [-0.05, 0) is 0 Å². The van der Waals surface area contributed by atoms with Crippen LogP contribution in [-0.2, 0) is 4.74 Å². The Morgan fingerprint density at radius 1 is 1.74 bits per heavy atom. The molecule has 0 spiro atoms. The lowest BCUT2D eigenvalue weighted by atomic mass is 10.0. The molecule has 19 heavy (non-hydrogen) atoms. The predicted octanol–water partition coefficient (Wildman–Crippen LogP) is 0.191. The van der Waals surface area contributed by atoms with E-state index in [0.29, 0.717) is 4.57 Å². The van der Waals surface area contributed by atoms with Gasteiger partial charge in [0.25, 0.3) is 0 Å². The van der Waals surface area contributed by atoms with Crippen molar-refractivity contribution in [3.8, 4) is 0 Å². The molecule has 0 radical (unpaired) electrons. The molecule has 6 nitrogen and oxygen atoms in total. The van der Waals surface area contributed by atoms with E-state index in [0.717, 1.165) is 6.20 Å². The molecule has 2 heterocycles. The van der Waals surface area contributed by atoms with Crippen LogP contribution in [0.25, 0.3) is 0 Å². The van der Waals surface area contributed by atoms with E-state index >= 15 is 0 Å². The number of aliphatic hydroxyl groups excluding tert-OH is 1. The number of alkyl halides is 2. The van der Waals surface area contributed by atoms with Gasteiger partial charge in [-0.2, -0.15) is 4.98 Å². The molecule has 3 atom stereocenters.